The molecule has 1 aromatic carbocycles. The molecule has 1 amide bonds. The van der Waals surface area contributed by atoms with Crippen molar-refractivity contribution in [3.05, 3.63) is 28.0 Å². The molecule has 0 radical (unpaired) electrons. The molecule has 0 unspecified atom stereocenters. The van der Waals surface area contributed by atoms with Crippen LogP contribution in [0, 0.1) is 5.82 Å². The number of rotatable bonds is 4. The largest absolute Gasteiger partial charge is 0.494 e. The Kier molecular flexibility index (Phi) is 4.73. The summed E-state index contributed by atoms with van der Waals surface area (Å²) in [7, 11) is 1.40. The molecule has 0 atom stereocenters. The van der Waals surface area contributed by atoms with Gasteiger partial charge in [0.05, 0.1) is 7.11 Å². The molecule has 88 valence electrons. The molecule has 16 heavy (non-hydrogen) atoms. The van der Waals surface area contributed by atoms with E-state index in [2.05, 4.69) is 21.2 Å². The van der Waals surface area contributed by atoms with Crippen molar-refractivity contribution >= 4 is 21.8 Å². The van der Waals surface area contributed by atoms with Crippen molar-refractivity contribution in [3.63, 3.8) is 0 Å². The number of carbonyl (C=O) groups is 1. The summed E-state index contributed by atoms with van der Waals surface area (Å²) in [4.78, 5) is 11.1. The van der Waals surface area contributed by atoms with E-state index in [4.69, 9.17) is 4.74 Å². The Labute approximate surface area is 102 Å². The summed E-state index contributed by atoms with van der Waals surface area (Å²) in [6.45, 7) is 2.12. The van der Waals surface area contributed by atoms with Crippen molar-refractivity contribution in [2.75, 3.05) is 7.11 Å². The Bertz CT molecular complexity index is 396. The third-order valence-corrected chi connectivity index (χ3v) is 2.86. The lowest BCUT2D eigenvalue weighted by molar-refractivity contribution is -0.120. The Hall–Kier alpha value is -1.10. The van der Waals surface area contributed by atoms with Gasteiger partial charge in [-0.15, -0.1) is 0 Å². The number of nitrogens with one attached hydrogen (secondary N) is 1. The fourth-order valence-electron chi connectivity index (χ4n) is 1.18. The third-order valence-electron chi connectivity index (χ3n) is 2.12. The predicted molar refractivity (Wildman–Crippen MR) is 62.8 cm³/mol. The van der Waals surface area contributed by atoms with E-state index in [0.717, 1.165) is 5.56 Å². The molecule has 0 aliphatic heterocycles. The number of amides is 1. The molecule has 0 heterocycles. The Balaban J connectivity index is 2.83. The molecule has 1 aromatic rings. The molecule has 0 aliphatic rings. The molecule has 1 rings (SSSR count). The first-order chi connectivity index (χ1) is 7.58. The maximum absolute atomic E-state index is 13.3. The van der Waals surface area contributed by atoms with Crippen molar-refractivity contribution in [1.82, 2.24) is 5.32 Å². The van der Waals surface area contributed by atoms with Gasteiger partial charge in [0.15, 0.2) is 11.6 Å². The lowest BCUT2D eigenvalue weighted by Crippen LogP contribution is -2.21. The molecule has 0 aliphatic carbocycles. The van der Waals surface area contributed by atoms with Crippen LogP contribution in [0.4, 0.5) is 4.39 Å². The number of hydrogen-bond donors (Lipinski definition) is 1. The standard InChI is InChI=1S/C11H13BrFNO2/c1-3-11(15)14-6-7-4-10(16-2)9(13)5-8(7)12/h4-5H,3,6H2,1-2H3,(H,14,15). The number of carbonyl (C=O) groups excluding carboxylic acids is 1. The summed E-state index contributed by atoms with van der Waals surface area (Å²) < 4.78 is 18.7. The summed E-state index contributed by atoms with van der Waals surface area (Å²) >= 11 is 3.24. The number of benzene rings is 1. The third kappa shape index (κ3) is 3.20. The van der Waals surface area contributed by atoms with E-state index in [1.54, 1.807) is 13.0 Å². The lowest BCUT2D eigenvalue weighted by atomic mass is 10.2. The van der Waals surface area contributed by atoms with E-state index in [1.165, 1.54) is 13.2 Å². The predicted octanol–water partition coefficient (Wildman–Crippen LogP) is 2.62. The van der Waals surface area contributed by atoms with E-state index in [1.807, 2.05) is 0 Å². The van der Waals surface area contributed by atoms with Gasteiger partial charge in [0.1, 0.15) is 0 Å². The Morgan fingerprint density at radius 3 is 2.81 bits per heavy atom. The molecule has 1 N–H and O–H groups in total. The highest BCUT2D eigenvalue weighted by atomic mass is 79.9. The molecular formula is C11H13BrFNO2. The highest BCUT2D eigenvalue weighted by Gasteiger charge is 2.09. The number of methoxy groups -OCH3 is 1. The van der Waals surface area contributed by atoms with E-state index in [0.29, 0.717) is 17.4 Å². The fraction of sp³-hybridized carbons (Fsp3) is 0.364. The van der Waals surface area contributed by atoms with Crippen LogP contribution in [0.3, 0.4) is 0 Å². The Morgan fingerprint density at radius 1 is 1.56 bits per heavy atom. The van der Waals surface area contributed by atoms with Gasteiger partial charge in [-0.25, -0.2) is 4.39 Å². The topological polar surface area (TPSA) is 38.3 Å². The first-order valence-electron chi connectivity index (χ1n) is 4.87. The summed E-state index contributed by atoms with van der Waals surface area (Å²) in [5, 5.41) is 2.71. The summed E-state index contributed by atoms with van der Waals surface area (Å²) in [5.74, 6) is -0.306. The minimum atomic E-state index is -0.431. The van der Waals surface area contributed by atoms with E-state index >= 15 is 0 Å². The maximum atomic E-state index is 13.3. The van der Waals surface area contributed by atoms with Crippen LogP contribution >= 0.6 is 15.9 Å². The number of halogens is 2. The highest BCUT2D eigenvalue weighted by molar-refractivity contribution is 9.10. The smallest absolute Gasteiger partial charge is 0.219 e. The second-order valence-electron chi connectivity index (χ2n) is 3.21. The number of hydrogen-bond acceptors (Lipinski definition) is 2. The van der Waals surface area contributed by atoms with E-state index in [-0.39, 0.29) is 11.7 Å². The molecule has 0 aromatic heterocycles. The molecule has 0 spiro atoms. The van der Waals surface area contributed by atoms with Crippen LogP contribution in [-0.2, 0) is 11.3 Å². The van der Waals surface area contributed by atoms with Gasteiger partial charge in [-0.1, -0.05) is 22.9 Å². The molecule has 3 nitrogen and oxygen atoms in total. The van der Waals surface area contributed by atoms with Crippen LogP contribution in [0.25, 0.3) is 0 Å². The normalized spacial score (nSPS) is 10.0. The maximum Gasteiger partial charge on any atom is 0.219 e. The van der Waals surface area contributed by atoms with Crippen LogP contribution < -0.4 is 10.1 Å². The highest BCUT2D eigenvalue weighted by Crippen LogP contribution is 2.25. The first-order valence-corrected chi connectivity index (χ1v) is 5.66. The summed E-state index contributed by atoms with van der Waals surface area (Å²) in [5.41, 5.74) is 0.778. The SMILES string of the molecule is CCC(=O)NCc1cc(OC)c(F)cc1Br. The minimum Gasteiger partial charge on any atom is -0.494 e. The van der Waals surface area contributed by atoms with Gasteiger partial charge in [0, 0.05) is 17.4 Å². The van der Waals surface area contributed by atoms with Gasteiger partial charge >= 0.3 is 0 Å². The van der Waals surface area contributed by atoms with Gasteiger partial charge in [-0.05, 0) is 17.7 Å². The second-order valence-corrected chi connectivity index (χ2v) is 4.06. The van der Waals surface area contributed by atoms with Crippen LogP contribution in [-0.4, -0.2) is 13.0 Å². The van der Waals surface area contributed by atoms with Crippen molar-refractivity contribution in [3.8, 4) is 5.75 Å². The van der Waals surface area contributed by atoms with Crippen molar-refractivity contribution < 1.29 is 13.9 Å². The zero-order chi connectivity index (χ0) is 12.1. The molecule has 0 bridgehead atoms. The monoisotopic (exact) mass is 289 g/mol. The van der Waals surface area contributed by atoms with Crippen LogP contribution in [0.2, 0.25) is 0 Å². The molecule has 5 heteroatoms. The number of ether oxygens (including phenoxy) is 1. The van der Waals surface area contributed by atoms with Crippen LogP contribution in [0.15, 0.2) is 16.6 Å². The quantitative estimate of drug-likeness (QED) is 0.925. The Morgan fingerprint density at radius 2 is 2.25 bits per heavy atom. The van der Waals surface area contributed by atoms with Crippen molar-refractivity contribution in [2.24, 2.45) is 0 Å². The summed E-state index contributed by atoms with van der Waals surface area (Å²) in [6.07, 6.45) is 0.427. The zero-order valence-corrected chi connectivity index (χ0v) is 10.7. The van der Waals surface area contributed by atoms with Crippen LogP contribution in [0.1, 0.15) is 18.9 Å². The minimum absolute atomic E-state index is 0.0461. The molecular weight excluding hydrogens is 277 g/mol. The first kappa shape index (κ1) is 13.0. The lowest BCUT2D eigenvalue weighted by Gasteiger charge is -2.09. The van der Waals surface area contributed by atoms with Crippen molar-refractivity contribution in [1.29, 1.82) is 0 Å². The van der Waals surface area contributed by atoms with E-state index in [9.17, 15) is 9.18 Å². The second kappa shape index (κ2) is 5.84. The average molecular weight is 290 g/mol. The average Bonchev–Trinajstić information content (AvgIpc) is 2.27. The van der Waals surface area contributed by atoms with E-state index < -0.39 is 5.82 Å². The van der Waals surface area contributed by atoms with Gasteiger partial charge < -0.3 is 10.1 Å². The van der Waals surface area contributed by atoms with Crippen molar-refractivity contribution in [2.45, 2.75) is 19.9 Å². The van der Waals surface area contributed by atoms with Gasteiger partial charge in [0.2, 0.25) is 5.91 Å². The molecule has 0 saturated heterocycles. The molecule has 0 fully saturated rings. The van der Waals surface area contributed by atoms with Gasteiger partial charge in [-0.3, -0.25) is 4.79 Å². The van der Waals surface area contributed by atoms with Crippen LogP contribution in [0.5, 0.6) is 5.75 Å². The van der Waals surface area contributed by atoms with Gasteiger partial charge in [0.25, 0.3) is 0 Å². The van der Waals surface area contributed by atoms with Gasteiger partial charge in [-0.2, -0.15) is 0 Å². The summed E-state index contributed by atoms with van der Waals surface area (Å²) in [6, 6.07) is 2.89. The molecule has 0 saturated carbocycles. The zero-order valence-electron chi connectivity index (χ0n) is 9.14. The fourth-order valence-corrected chi connectivity index (χ4v) is 1.64.